The SMILES string of the molecule is CCCC(=O)Cc1ccnc(N)c1. The summed E-state index contributed by atoms with van der Waals surface area (Å²) < 4.78 is 0. The van der Waals surface area contributed by atoms with Gasteiger partial charge >= 0.3 is 0 Å². The van der Waals surface area contributed by atoms with Gasteiger partial charge in [-0.05, 0) is 24.1 Å². The molecule has 0 fully saturated rings. The van der Waals surface area contributed by atoms with E-state index in [4.69, 9.17) is 5.73 Å². The highest BCUT2D eigenvalue weighted by Crippen LogP contribution is 2.05. The molecule has 0 aliphatic rings. The number of Topliss-reactive ketones (excluding diaryl/α,β-unsaturated/α-hetero) is 1. The molecule has 0 unspecified atom stereocenters. The van der Waals surface area contributed by atoms with Crippen LogP contribution in [0.25, 0.3) is 0 Å². The van der Waals surface area contributed by atoms with Gasteiger partial charge in [0.15, 0.2) is 0 Å². The van der Waals surface area contributed by atoms with Gasteiger partial charge in [0.25, 0.3) is 0 Å². The van der Waals surface area contributed by atoms with Crippen LogP contribution in [0.15, 0.2) is 18.3 Å². The fourth-order valence-corrected chi connectivity index (χ4v) is 1.20. The second kappa shape index (κ2) is 4.60. The van der Waals surface area contributed by atoms with Crippen LogP contribution in [0.1, 0.15) is 25.3 Å². The van der Waals surface area contributed by atoms with Gasteiger partial charge < -0.3 is 5.73 Å². The monoisotopic (exact) mass is 178 g/mol. The van der Waals surface area contributed by atoms with Crippen molar-refractivity contribution in [3.05, 3.63) is 23.9 Å². The first-order valence-electron chi connectivity index (χ1n) is 4.44. The van der Waals surface area contributed by atoms with Crippen LogP contribution >= 0.6 is 0 Å². The molecule has 1 aromatic rings. The van der Waals surface area contributed by atoms with Crippen LogP contribution in [0.2, 0.25) is 0 Å². The number of ketones is 1. The van der Waals surface area contributed by atoms with E-state index in [2.05, 4.69) is 4.98 Å². The number of carbonyl (C=O) groups is 1. The zero-order valence-corrected chi connectivity index (χ0v) is 7.79. The second-order valence-corrected chi connectivity index (χ2v) is 3.05. The van der Waals surface area contributed by atoms with Crippen molar-refractivity contribution in [1.82, 2.24) is 4.98 Å². The maximum atomic E-state index is 11.3. The van der Waals surface area contributed by atoms with E-state index in [1.165, 1.54) is 0 Å². The molecule has 0 spiro atoms. The van der Waals surface area contributed by atoms with Gasteiger partial charge in [-0.15, -0.1) is 0 Å². The third kappa shape index (κ3) is 3.23. The molecular weight excluding hydrogens is 164 g/mol. The molecule has 3 heteroatoms. The summed E-state index contributed by atoms with van der Waals surface area (Å²) in [6.07, 6.45) is 3.64. The number of nitrogens with zero attached hydrogens (tertiary/aromatic N) is 1. The Morgan fingerprint density at radius 2 is 2.38 bits per heavy atom. The Balaban J connectivity index is 2.58. The Labute approximate surface area is 78.0 Å². The summed E-state index contributed by atoms with van der Waals surface area (Å²) in [5.41, 5.74) is 6.44. The van der Waals surface area contributed by atoms with Gasteiger partial charge in [0.05, 0.1) is 0 Å². The van der Waals surface area contributed by atoms with Crippen LogP contribution in [0.3, 0.4) is 0 Å². The van der Waals surface area contributed by atoms with E-state index < -0.39 is 0 Å². The number of nitrogens with two attached hydrogens (primary N) is 1. The number of carbonyl (C=O) groups excluding carboxylic acids is 1. The Kier molecular flexibility index (Phi) is 3.43. The molecule has 0 saturated carbocycles. The second-order valence-electron chi connectivity index (χ2n) is 3.05. The van der Waals surface area contributed by atoms with Crippen molar-refractivity contribution < 1.29 is 4.79 Å². The van der Waals surface area contributed by atoms with Gasteiger partial charge in [0, 0.05) is 19.0 Å². The van der Waals surface area contributed by atoms with Crippen molar-refractivity contribution in [3.63, 3.8) is 0 Å². The maximum Gasteiger partial charge on any atom is 0.137 e. The van der Waals surface area contributed by atoms with E-state index in [0.717, 1.165) is 12.0 Å². The summed E-state index contributed by atoms with van der Waals surface area (Å²) in [6.45, 7) is 2.00. The van der Waals surface area contributed by atoms with Crippen molar-refractivity contribution >= 4 is 11.6 Å². The summed E-state index contributed by atoms with van der Waals surface area (Å²) >= 11 is 0. The van der Waals surface area contributed by atoms with Crippen molar-refractivity contribution in [1.29, 1.82) is 0 Å². The van der Waals surface area contributed by atoms with E-state index in [9.17, 15) is 4.79 Å². The normalized spacial score (nSPS) is 9.92. The fourth-order valence-electron chi connectivity index (χ4n) is 1.20. The molecule has 0 amide bonds. The van der Waals surface area contributed by atoms with Gasteiger partial charge in [0.1, 0.15) is 11.6 Å². The standard InChI is InChI=1S/C10H14N2O/c1-2-3-9(13)6-8-4-5-12-10(11)7-8/h4-5,7H,2-3,6H2,1H3,(H2,11,12). The van der Waals surface area contributed by atoms with Gasteiger partial charge in [-0.25, -0.2) is 4.98 Å². The topological polar surface area (TPSA) is 56.0 Å². The maximum absolute atomic E-state index is 11.3. The lowest BCUT2D eigenvalue weighted by molar-refractivity contribution is -0.118. The third-order valence-corrected chi connectivity index (χ3v) is 1.78. The Morgan fingerprint density at radius 1 is 1.62 bits per heavy atom. The minimum atomic E-state index is 0.258. The lowest BCUT2D eigenvalue weighted by atomic mass is 10.1. The molecule has 1 rings (SSSR count). The van der Waals surface area contributed by atoms with Crippen LogP contribution < -0.4 is 5.73 Å². The van der Waals surface area contributed by atoms with Crippen molar-refractivity contribution in [2.24, 2.45) is 0 Å². The summed E-state index contributed by atoms with van der Waals surface area (Å²) in [6, 6.07) is 3.57. The molecule has 1 aromatic heterocycles. The summed E-state index contributed by atoms with van der Waals surface area (Å²) in [5.74, 6) is 0.731. The molecule has 70 valence electrons. The Morgan fingerprint density at radius 3 is 3.00 bits per heavy atom. The summed E-state index contributed by atoms with van der Waals surface area (Å²) in [4.78, 5) is 15.1. The van der Waals surface area contributed by atoms with E-state index in [-0.39, 0.29) is 5.78 Å². The third-order valence-electron chi connectivity index (χ3n) is 1.78. The number of anilines is 1. The van der Waals surface area contributed by atoms with Crippen LogP contribution in [0, 0.1) is 0 Å². The van der Waals surface area contributed by atoms with E-state index in [0.29, 0.717) is 18.7 Å². The highest BCUT2D eigenvalue weighted by atomic mass is 16.1. The number of hydrogen-bond donors (Lipinski definition) is 1. The number of pyridine rings is 1. The fraction of sp³-hybridized carbons (Fsp3) is 0.400. The Bertz CT molecular complexity index is 297. The average Bonchev–Trinajstić information content (AvgIpc) is 2.04. The number of hydrogen-bond acceptors (Lipinski definition) is 3. The minimum Gasteiger partial charge on any atom is -0.384 e. The molecule has 0 aliphatic heterocycles. The molecule has 0 radical (unpaired) electrons. The van der Waals surface area contributed by atoms with Crippen molar-refractivity contribution in [2.45, 2.75) is 26.2 Å². The summed E-state index contributed by atoms with van der Waals surface area (Å²) in [7, 11) is 0. The van der Waals surface area contributed by atoms with Crippen LogP contribution in [-0.4, -0.2) is 10.8 Å². The van der Waals surface area contributed by atoms with E-state index >= 15 is 0 Å². The molecule has 2 N–H and O–H groups in total. The smallest absolute Gasteiger partial charge is 0.137 e. The highest BCUT2D eigenvalue weighted by Gasteiger charge is 2.02. The quantitative estimate of drug-likeness (QED) is 0.761. The Hall–Kier alpha value is -1.38. The lowest BCUT2D eigenvalue weighted by Gasteiger charge is -2.00. The van der Waals surface area contributed by atoms with Gasteiger partial charge in [0.2, 0.25) is 0 Å². The molecule has 0 aromatic carbocycles. The molecule has 0 bridgehead atoms. The molecule has 0 saturated heterocycles. The predicted octanol–water partition coefficient (Wildman–Crippen LogP) is 1.58. The predicted molar refractivity (Wildman–Crippen MR) is 52.3 cm³/mol. The van der Waals surface area contributed by atoms with Gasteiger partial charge in [-0.1, -0.05) is 6.92 Å². The molecule has 1 heterocycles. The molecule has 0 atom stereocenters. The van der Waals surface area contributed by atoms with Crippen molar-refractivity contribution in [3.8, 4) is 0 Å². The zero-order valence-electron chi connectivity index (χ0n) is 7.79. The summed E-state index contributed by atoms with van der Waals surface area (Å²) in [5, 5.41) is 0. The first-order valence-corrected chi connectivity index (χ1v) is 4.44. The number of aromatic nitrogens is 1. The minimum absolute atomic E-state index is 0.258. The first-order chi connectivity index (χ1) is 6.22. The highest BCUT2D eigenvalue weighted by molar-refractivity contribution is 5.80. The molecule has 0 aliphatic carbocycles. The van der Waals surface area contributed by atoms with Crippen LogP contribution in [0.5, 0.6) is 0 Å². The average molecular weight is 178 g/mol. The zero-order chi connectivity index (χ0) is 9.68. The number of nitrogen functional groups attached to an aromatic ring is 1. The lowest BCUT2D eigenvalue weighted by Crippen LogP contribution is -2.02. The number of rotatable bonds is 4. The van der Waals surface area contributed by atoms with Gasteiger partial charge in [-0.3, -0.25) is 4.79 Å². The largest absolute Gasteiger partial charge is 0.384 e. The molecule has 3 nitrogen and oxygen atoms in total. The van der Waals surface area contributed by atoms with Crippen LogP contribution in [0.4, 0.5) is 5.82 Å². The molecule has 13 heavy (non-hydrogen) atoms. The van der Waals surface area contributed by atoms with Gasteiger partial charge in [-0.2, -0.15) is 0 Å². The molecular formula is C10H14N2O. The first kappa shape index (κ1) is 9.71. The van der Waals surface area contributed by atoms with E-state index in [1.54, 1.807) is 12.3 Å². The van der Waals surface area contributed by atoms with Crippen molar-refractivity contribution in [2.75, 3.05) is 5.73 Å². The van der Waals surface area contributed by atoms with Crippen LogP contribution in [-0.2, 0) is 11.2 Å². The van der Waals surface area contributed by atoms with E-state index in [1.807, 2.05) is 13.0 Å².